The monoisotopic (exact) mass is 225 g/mol. The van der Waals surface area contributed by atoms with Crippen LogP contribution >= 0.6 is 11.6 Å². The van der Waals surface area contributed by atoms with Crippen LogP contribution in [0, 0.1) is 0 Å². The molecule has 2 N–H and O–H groups in total. The maximum atomic E-state index is 9.82. The Labute approximate surface area is 95.3 Å². The highest BCUT2D eigenvalue weighted by atomic mass is 35.5. The summed E-state index contributed by atoms with van der Waals surface area (Å²) < 4.78 is 0. The summed E-state index contributed by atoms with van der Waals surface area (Å²) in [6.45, 7) is 0. The van der Waals surface area contributed by atoms with Gasteiger partial charge < -0.3 is 10.4 Å². The third-order valence-electron chi connectivity index (χ3n) is 2.94. The number of rotatable bonds is 2. The van der Waals surface area contributed by atoms with Crippen LogP contribution in [0.4, 0.5) is 5.69 Å². The van der Waals surface area contributed by atoms with Crippen LogP contribution in [0.2, 0.25) is 5.02 Å². The van der Waals surface area contributed by atoms with E-state index in [-0.39, 0.29) is 12.1 Å². The van der Waals surface area contributed by atoms with Gasteiger partial charge in [-0.15, -0.1) is 0 Å². The van der Waals surface area contributed by atoms with E-state index >= 15 is 0 Å². The first-order valence-corrected chi connectivity index (χ1v) is 5.84. The van der Waals surface area contributed by atoms with E-state index in [4.69, 9.17) is 11.6 Å². The summed E-state index contributed by atoms with van der Waals surface area (Å²) >= 11 is 6.05. The van der Waals surface area contributed by atoms with E-state index in [9.17, 15) is 5.11 Å². The minimum atomic E-state index is -0.241. The zero-order valence-corrected chi connectivity index (χ0v) is 9.37. The average molecular weight is 226 g/mol. The van der Waals surface area contributed by atoms with Crippen molar-refractivity contribution in [3.63, 3.8) is 0 Å². The van der Waals surface area contributed by atoms with E-state index in [1.807, 2.05) is 24.3 Å². The number of anilines is 1. The van der Waals surface area contributed by atoms with Gasteiger partial charge in [-0.3, -0.25) is 0 Å². The van der Waals surface area contributed by atoms with Crippen LogP contribution in [-0.2, 0) is 0 Å². The predicted octanol–water partition coefficient (Wildman–Crippen LogP) is 3.06. The van der Waals surface area contributed by atoms with Crippen molar-refractivity contribution in [1.29, 1.82) is 0 Å². The molecule has 0 amide bonds. The Bertz CT molecular complexity index is 329. The van der Waals surface area contributed by atoms with Crippen LogP contribution in [0.1, 0.15) is 25.7 Å². The molecule has 0 saturated heterocycles. The van der Waals surface area contributed by atoms with Gasteiger partial charge >= 0.3 is 0 Å². The lowest BCUT2D eigenvalue weighted by Gasteiger charge is -2.29. The molecular weight excluding hydrogens is 210 g/mol. The molecule has 0 aliphatic heterocycles. The number of benzene rings is 1. The van der Waals surface area contributed by atoms with E-state index in [1.54, 1.807) is 0 Å². The number of aliphatic hydroxyl groups is 1. The molecule has 3 heteroatoms. The molecule has 0 spiro atoms. The van der Waals surface area contributed by atoms with E-state index in [0.717, 1.165) is 30.0 Å². The number of para-hydroxylation sites is 1. The Morgan fingerprint density at radius 3 is 2.67 bits per heavy atom. The molecule has 0 bridgehead atoms. The van der Waals surface area contributed by atoms with Gasteiger partial charge in [-0.25, -0.2) is 0 Å². The molecule has 0 aromatic heterocycles. The Morgan fingerprint density at radius 2 is 1.93 bits per heavy atom. The smallest absolute Gasteiger partial charge is 0.0741 e. The Kier molecular flexibility index (Phi) is 3.49. The van der Waals surface area contributed by atoms with Crippen LogP contribution in [0.5, 0.6) is 0 Å². The number of halogens is 1. The fourth-order valence-electron chi connectivity index (χ4n) is 2.06. The quantitative estimate of drug-likeness (QED) is 0.811. The van der Waals surface area contributed by atoms with Crippen LogP contribution in [0.15, 0.2) is 24.3 Å². The molecule has 2 nitrogen and oxygen atoms in total. The lowest BCUT2D eigenvalue weighted by atomic mass is 9.92. The lowest BCUT2D eigenvalue weighted by Crippen LogP contribution is -2.36. The van der Waals surface area contributed by atoms with Crippen LogP contribution in [-0.4, -0.2) is 17.3 Å². The van der Waals surface area contributed by atoms with Crippen molar-refractivity contribution in [3.8, 4) is 0 Å². The summed E-state index contributed by atoms with van der Waals surface area (Å²) in [6, 6.07) is 7.82. The van der Waals surface area contributed by atoms with Crippen molar-refractivity contribution < 1.29 is 5.11 Å². The number of aliphatic hydroxyl groups excluding tert-OH is 1. The third kappa shape index (κ3) is 2.64. The first-order valence-electron chi connectivity index (χ1n) is 5.46. The van der Waals surface area contributed by atoms with E-state index in [0.29, 0.717) is 0 Å². The molecule has 1 aliphatic rings. The van der Waals surface area contributed by atoms with Gasteiger partial charge in [0.25, 0.3) is 0 Å². The fourth-order valence-corrected chi connectivity index (χ4v) is 2.25. The Morgan fingerprint density at radius 1 is 1.20 bits per heavy atom. The molecule has 2 atom stereocenters. The molecule has 0 heterocycles. The van der Waals surface area contributed by atoms with Gasteiger partial charge in [0, 0.05) is 0 Å². The van der Waals surface area contributed by atoms with Crippen molar-refractivity contribution in [3.05, 3.63) is 29.3 Å². The molecule has 2 rings (SSSR count). The lowest BCUT2D eigenvalue weighted by molar-refractivity contribution is 0.116. The van der Waals surface area contributed by atoms with Gasteiger partial charge in [-0.1, -0.05) is 36.6 Å². The van der Waals surface area contributed by atoms with Crippen LogP contribution < -0.4 is 5.32 Å². The molecule has 15 heavy (non-hydrogen) atoms. The van der Waals surface area contributed by atoms with Crippen molar-refractivity contribution >= 4 is 17.3 Å². The van der Waals surface area contributed by atoms with Crippen molar-refractivity contribution in [2.75, 3.05) is 5.32 Å². The minimum absolute atomic E-state index is 0.152. The standard InChI is InChI=1S/C12H16ClNO/c13-9-5-1-2-6-10(9)14-11-7-3-4-8-12(11)15/h1-2,5-6,11-12,14-15H,3-4,7-8H2. The second-order valence-electron chi connectivity index (χ2n) is 4.08. The molecule has 1 aromatic rings. The van der Waals surface area contributed by atoms with Gasteiger partial charge in [0.15, 0.2) is 0 Å². The number of hydrogen-bond acceptors (Lipinski definition) is 2. The largest absolute Gasteiger partial charge is 0.391 e. The van der Waals surface area contributed by atoms with E-state index in [2.05, 4.69) is 5.32 Å². The van der Waals surface area contributed by atoms with Gasteiger partial charge in [-0.2, -0.15) is 0 Å². The molecule has 1 aliphatic carbocycles. The second-order valence-corrected chi connectivity index (χ2v) is 4.49. The Balaban J connectivity index is 2.04. The fraction of sp³-hybridized carbons (Fsp3) is 0.500. The Hall–Kier alpha value is -0.730. The molecule has 1 aromatic carbocycles. The summed E-state index contributed by atoms with van der Waals surface area (Å²) in [6.07, 6.45) is 3.98. The van der Waals surface area contributed by atoms with E-state index < -0.39 is 0 Å². The van der Waals surface area contributed by atoms with Gasteiger partial charge in [0.1, 0.15) is 0 Å². The molecule has 82 valence electrons. The normalized spacial score (nSPS) is 26.3. The summed E-state index contributed by atoms with van der Waals surface area (Å²) in [4.78, 5) is 0. The molecule has 2 unspecified atom stereocenters. The second kappa shape index (κ2) is 4.86. The molecule has 1 saturated carbocycles. The van der Waals surface area contributed by atoms with Gasteiger partial charge in [-0.05, 0) is 25.0 Å². The van der Waals surface area contributed by atoms with Crippen LogP contribution in [0.3, 0.4) is 0 Å². The van der Waals surface area contributed by atoms with Crippen molar-refractivity contribution in [1.82, 2.24) is 0 Å². The zero-order chi connectivity index (χ0) is 10.7. The summed E-state index contributed by atoms with van der Waals surface area (Å²) in [5.41, 5.74) is 0.921. The SMILES string of the molecule is OC1CCCCC1Nc1ccccc1Cl. The van der Waals surface area contributed by atoms with Gasteiger partial charge in [0.2, 0.25) is 0 Å². The molecular formula is C12H16ClNO. The van der Waals surface area contributed by atoms with E-state index in [1.165, 1.54) is 6.42 Å². The maximum absolute atomic E-state index is 9.82. The maximum Gasteiger partial charge on any atom is 0.0741 e. The predicted molar refractivity (Wildman–Crippen MR) is 63.3 cm³/mol. The summed E-state index contributed by atoms with van der Waals surface area (Å²) in [5.74, 6) is 0. The number of nitrogens with one attached hydrogen (secondary N) is 1. The molecule has 1 fully saturated rings. The average Bonchev–Trinajstić information content (AvgIpc) is 2.24. The first kappa shape index (κ1) is 10.8. The minimum Gasteiger partial charge on any atom is -0.391 e. The number of hydrogen-bond donors (Lipinski definition) is 2. The van der Waals surface area contributed by atoms with Crippen molar-refractivity contribution in [2.45, 2.75) is 37.8 Å². The zero-order valence-electron chi connectivity index (χ0n) is 8.62. The first-order chi connectivity index (χ1) is 7.27. The third-order valence-corrected chi connectivity index (χ3v) is 3.27. The highest BCUT2D eigenvalue weighted by Gasteiger charge is 2.22. The summed E-state index contributed by atoms with van der Waals surface area (Å²) in [5, 5.41) is 13.9. The van der Waals surface area contributed by atoms with Crippen molar-refractivity contribution in [2.24, 2.45) is 0 Å². The van der Waals surface area contributed by atoms with Crippen LogP contribution in [0.25, 0.3) is 0 Å². The highest BCUT2D eigenvalue weighted by Crippen LogP contribution is 2.26. The molecule has 0 radical (unpaired) electrons. The highest BCUT2D eigenvalue weighted by molar-refractivity contribution is 6.33. The topological polar surface area (TPSA) is 32.3 Å². The van der Waals surface area contributed by atoms with Gasteiger partial charge in [0.05, 0.1) is 22.9 Å². The summed E-state index contributed by atoms with van der Waals surface area (Å²) in [7, 11) is 0.